The Morgan fingerprint density at radius 2 is 2.22 bits per heavy atom. The Bertz CT molecular complexity index is 645. The third kappa shape index (κ3) is 1.81. The number of carbonyl (C=O) groups excluding carboxylic acids is 1. The number of benzene rings is 1. The van der Waals surface area contributed by atoms with Crippen molar-refractivity contribution in [3.63, 3.8) is 0 Å². The first-order valence-electron chi connectivity index (χ1n) is 5.66. The average molecular weight is 244 g/mol. The van der Waals surface area contributed by atoms with Crippen LogP contribution in [-0.2, 0) is 4.79 Å². The fourth-order valence-corrected chi connectivity index (χ4v) is 1.90. The van der Waals surface area contributed by atoms with Crippen molar-refractivity contribution in [2.45, 2.75) is 12.8 Å². The smallest absolute Gasteiger partial charge is 0.240 e. The molecule has 0 spiro atoms. The lowest BCUT2D eigenvalue weighted by Crippen LogP contribution is -2.26. The summed E-state index contributed by atoms with van der Waals surface area (Å²) in [4.78, 5) is 18.7. The lowest BCUT2D eigenvalue weighted by atomic mass is 10.2. The first-order chi connectivity index (χ1) is 8.76. The van der Waals surface area contributed by atoms with Gasteiger partial charge in [0.25, 0.3) is 0 Å². The fraction of sp³-hybridized carbons (Fsp3) is 0.250. The molecule has 1 aromatic heterocycles. The van der Waals surface area contributed by atoms with Crippen molar-refractivity contribution in [3.8, 4) is 5.75 Å². The SMILES string of the molecule is COc1ccc2nc(C3=NNC(=O)CC3)[nH]c2c1. The number of nitrogens with zero attached hydrogens (tertiary/aromatic N) is 2. The number of methoxy groups -OCH3 is 1. The minimum Gasteiger partial charge on any atom is -0.497 e. The van der Waals surface area contributed by atoms with Crippen molar-refractivity contribution in [2.24, 2.45) is 5.10 Å². The molecule has 2 heterocycles. The van der Waals surface area contributed by atoms with Crippen LogP contribution in [0.5, 0.6) is 5.75 Å². The molecule has 18 heavy (non-hydrogen) atoms. The molecular formula is C12H12N4O2. The number of amides is 1. The Balaban J connectivity index is 2.00. The van der Waals surface area contributed by atoms with E-state index in [1.165, 1.54) is 0 Å². The zero-order valence-corrected chi connectivity index (χ0v) is 9.86. The van der Waals surface area contributed by atoms with Gasteiger partial charge in [0, 0.05) is 18.9 Å². The molecule has 0 unspecified atom stereocenters. The van der Waals surface area contributed by atoms with Gasteiger partial charge in [-0.2, -0.15) is 5.10 Å². The Labute approximate surface area is 103 Å². The van der Waals surface area contributed by atoms with Crippen molar-refractivity contribution < 1.29 is 9.53 Å². The van der Waals surface area contributed by atoms with Crippen LogP contribution in [-0.4, -0.2) is 28.7 Å². The van der Waals surface area contributed by atoms with Gasteiger partial charge in [-0.05, 0) is 12.1 Å². The summed E-state index contributed by atoms with van der Waals surface area (Å²) in [5.41, 5.74) is 4.97. The topological polar surface area (TPSA) is 79.4 Å². The summed E-state index contributed by atoms with van der Waals surface area (Å²) in [6.45, 7) is 0. The van der Waals surface area contributed by atoms with Crippen molar-refractivity contribution in [2.75, 3.05) is 7.11 Å². The number of ether oxygens (including phenoxy) is 1. The van der Waals surface area contributed by atoms with Crippen molar-refractivity contribution in [3.05, 3.63) is 24.0 Å². The maximum Gasteiger partial charge on any atom is 0.240 e. The molecule has 1 aromatic carbocycles. The van der Waals surface area contributed by atoms with Gasteiger partial charge < -0.3 is 9.72 Å². The standard InChI is InChI=1S/C12H12N4O2/c1-18-7-2-3-8-10(6-7)14-12(13-8)9-4-5-11(17)16-15-9/h2-3,6H,4-5H2,1H3,(H,13,14)(H,16,17). The predicted molar refractivity (Wildman–Crippen MR) is 66.6 cm³/mol. The molecule has 0 atom stereocenters. The second kappa shape index (κ2) is 4.14. The number of hydrogen-bond acceptors (Lipinski definition) is 4. The van der Waals surface area contributed by atoms with E-state index in [1.807, 2.05) is 18.2 Å². The molecule has 0 saturated heterocycles. The number of aromatic nitrogens is 2. The molecule has 2 N–H and O–H groups in total. The Kier molecular flexibility index (Phi) is 2.47. The zero-order valence-electron chi connectivity index (χ0n) is 9.86. The van der Waals surface area contributed by atoms with Crippen LogP contribution in [0.3, 0.4) is 0 Å². The molecule has 0 saturated carbocycles. The lowest BCUT2D eigenvalue weighted by molar-refractivity contribution is -0.121. The molecule has 0 fully saturated rings. The number of hydrogen-bond donors (Lipinski definition) is 2. The maximum absolute atomic E-state index is 11.0. The Hall–Kier alpha value is -2.37. The molecule has 0 radical (unpaired) electrons. The van der Waals surface area contributed by atoms with Gasteiger partial charge in [0.05, 0.1) is 18.1 Å². The van der Waals surface area contributed by atoms with Crippen LogP contribution in [0.15, 0.2) is 23.3 Å². The molecule has 92 valence electrons. The van der Waals surface area contributed by atoms with E-state index in [1.54, 1.807) is 7.11 Å². The molecule has 6 heteroatoms. The van der Waals surface area contributed by atoms with E-state index in [9.17, 15) is 4.79 Å². The summed E-state index contributed by atoms with van der Waals surface area (Å²) in [6.07, 6.45) is 1.04. The van der Waals surface area contributed by atoms with Crippen molar-refractivity contribution in [1.29, 1.82) is 0 Å². The molecule has 0 bridgehead atoms. The van der Waals surface area contributed by atoms with Gasteiger partial charge in [-0.3, -0.25) is 4.79 Å². The first-order valence-corrected chi connectivity index (χ1v) is 5.66. The molecule has 3 rings (SSSR count). The lowest BCUT2D eigenvalue weighted by Gasteiger charge is -2.08. The van der Waals surface area contributed by atoms with E-state index < -0.39 is 0 Å². The fourth-order valence-electron chi connectivity index (χ4n) is 1.90. The molecule has 1 aliphatic rings. The van der Waals surface area contributed by atoms with Gasteiger partial charge in [0.1, 0.15) is 11.5 Å². The monoisotopic (exact) mass is 244 g/mol. The van der Waals surface area contributed by atoms with Gasteiger partial charge in [-0.1, -0.05) is 0 Å². The van der Waals surface area contributed by atoms with E-state index in [0.29, 0.717) is 18.7 Å². The number of hydrazone groups is 1. The molecule has 0 aliphatic carbocycles. The predicted octanol–water partition coefficient (Wildman–Crippen LogP) is 1.19. The Morgan fingerprint density at radius 1 is 1.33 bits per heavy atom. The van der Waals surface area contributed by atoms with Gasteiger partial charge in [0.15, 0.2) is 5.82 Å². The van der Waals surface area contributed by atoms with Crippen LogP contribution in [0.4, 0.5) is 0 Å². The van der Waals surface area contributed by atoms with Crippen LogP contribution < -0.4 is 10.2 Å². The minimum atomic E-state index is -0.0588. The number of rotatable bonds is 2. The third-order valence-electron chi connectivity index (χ3n) is 2.87. The first kappa shape index (κ1) is 10.8. The van der Waals surface area contributed by atoms with E-state index in [0.717, 1.165) is 22.5 Å². The zero-order chi connectivity index (χ0) is 12.5. The highest BCUT2D eigenvalue weighted by Crippen LogP contribution is 2.19. The van der Waals surface area contributed by atoms with Crippen molar-refractivity contribution >= 4 is 22.7 Å². The molecule has 1 amide bonds. The number of nitrogens with one attached hydrogen (secondary N) is 2. The van der Waals surface area contributed by atoms with E-state index >= 15 is 0 Å². The van der Waals surface area contributed by atoms with Crippen LogP contribution in [0.2, 0.25) is 0 Å². The number of H-pyrrole nitrogens is 1. The molecule has 6 nitrogen and oxygen atoms in total. The summed E-state index contributed by atoms with van der Waals surface area (Å²) < 4.78 is 5.16. The van der Waals surface area contributed by atoms with Gasteiger partial charge in [-0.25, -0.2) is 10.4 Å². The van der Waals surface area contributed by atoms with Crippen LogP contribution in [0.25, 0.3) is 11.0 Å². The summed E-state index contributed by atoms with van der Waals surface area (Å²) in [5.74, 6) is 1.41. The summed E-state index contributed by atoms with van der Waals surface area (Å²) in [5, 5.41) is 4.01. The van der Waals surface area contributed by atoms with Crippen LogP contribution in [0, 0.1) is 0 Å². The number of imidazole rings is 1. The van der Waals surface area contributed by atoms with E-state index in [-0.39, 0.29) is 5.91 Å². The van der Waals surface area contributed by atoms with Crippen LogP contribution in [0.1, 0.15) is 18.7 Å². The minimum absolute atomic E-state index is 0.0588. The highest BCUT2D eigenvalue weighted by atomic mass is 16.5. The molecule has 2 aromatic rings. The number of carbonyl (C=O) groups is 1. The summed E-state index contributed by atoms with van der Waals surface area (Å²) in [7, 11) is 1.62. The van der Waals surface area contributed by atoms with Crippen LogP contribution >= 0.6 is 0 Å². The van der Waals surface area contributed by atoms with Crippen molar-refractivity contribution in [1.82, 2.24) is 15.4 Å². The average Bonchev–Trinajstić information content (AvgIpc) is 2.82. The highest BCUT2D eigenvalue weighted by molar-refractivity contribution is 6.03. The second-order valence-electron chi connectivity index (χ2n) is 4.06. The second-order valence-corrected chi connectivity index (χ2v) is 4.06. The molecule has 1 aliphatic heterocycles. The number of fused-ring (bicyclic) bond motifs is 1. The van der Waals surface area contributed by atoms with Gasteiger partial charge in [0.2, 0.25) is 5.91 Å². The summed E-state index contributed by atoms with van der Waals surface area (Å²) >= 11 is 0. The maximum atomic E-state index is 11.0. The van der Waals surface area contributed by atoms with Gasteiger partial charge in [-0.15, -0.1) is 0 Å². The quantitative estimate of drug-likeness (QED) is 0.832. The third-order valence-corrected chi connectivity index (χ3v) is 2.87. The summed E-state index contributed by atoms with van der Waals surface area (Å²) in [6, 6.07) is 5.63. The highest BCUT2D eigenvalue weighted by Gasteiger charge is 2.16. The largest absolute Gasteiger partial charge is 0.497 e. The normalized spacial score (nSPS) is 15.4. The van der Waals surface area contributed by atoms with E-state index in [4.69, 9.17) is 4.74 Å². The van der Waals surface area contributed by atoms with Gasteiger partial charge >= 0.3 is 0 Å². The van der Waals surface area contributed by atoms with E-state index in [2.05, 4.69) is 20.5 Å². The Morgan fingerprint density at radius 3 is 2.94 bits per heavy atom. The molecular weight excluding hydrogens is 232 g/mol. The number of aromatic amines is 1.